The minimum absolute atomic E-state index is 0.103. The lowest BCUT2D eigenvalue weighted by molar-refractivity contribution is -0.125. The Bertz CT molecular complexity index is 467. The first kappa shape index (κ1) is 15.3. The van der Waals surface area contributed by atoms with Crippen LogP contribution in [0.4, 0.5) is 0 Å². The second-order valence-electron chi connectivity index (χ2n) is 6.12. The Morgan fingerprint density at radius 3 is 2.85 bits per heavy atom. The van der Waals surface area contributed by atoms with Crippen LogP contribution in [0.15, 0.2) is 24.3 Å². The third-order valence-corrected chi connectivity index (χ3v) is 4.30. The second kappa shape index (κ2) is 6.59. The van der Waals surface area contributed by atoms with Gasteiger partial charge in [-0.05, 0) is 31.0 Å². The van der Waals surface area contributed by atoms with Crippen LogP contribution in [0.3, 0.4) is 0 Å². The third kappa shape index (κ3) is 3.74. The van der Waals surface area contributed by atoms with Crippen LogP contribution in [-0.4, -0.2) is 25.5 Å². The number of carbonyl (C=O) groups excluding carboxylic acids is 1. The largest absolute Gasteiger partial charge is 0.355 e. The molecule has 2 rings (SSSR count). The summed E-state index contributed by atoms with van der Waals surface area (Å²) in [7, 11) is 0. The standard InChI is InChI=1S/C16H23ClN2O/c1-16(2,13-7-3-4-8-14(13)17)11-19-15(20)12-6-5-9-18-10-12/h3-4,7-8,12,18H,5-6,9-11H2,1-2H3,(H,19,20). The van der Waals surface area contributed by atoms with Gasteiger partial charge in [-0.3, -0.25) is 4.79 Å². The molecule has 0 aliphatic carbocycles. The molecule has 1 aliphatic heterocycles. The summed E-state index contributed by atoms with van der Waals surface area (Å²) >= 11 is 6.25. The highest BCUT2D eigenvalue weighted by atomic mass is 35.5. The predicted octanol–water partition coefficient (Wildman–Crippen LogP) is 2.73. The van der Waals surface area contributed by atoms with Gasteiger partial charge in [0.25, 0.3) is 0 Å². The van der Waals surface area contributed by atoms with Crippen LogP contribution < -0.4 is 10.6 Å². The van der Waals surface area contributed by atoms with Crippen LogP contribution in [0.2, 0.25) is 5.02 Å². The molecule has 1 aliphatic rings. The Morgan fingerprint density at radius 2 is 2.20 bits per heavy atom. The molecule has 1 atom stereocenters. The lowest BCUT2D eigenvalue weighted by Crippen LogP contribution is -2.44. The van der Waals surface area contributed by atoms with Gasteiger partial charge in [0.2, 0.25) is 5.91 Å². The smallest absolute Gasteiger partial charge is 0.224 e. The zero-order valence-electron chi connectivity index (χ0n) is 12.2. The molecule has 1 aromatic carbocycles. The lowest BCUT2D eigenvalue weighted by Gasteiger charge is -2.29. The Labute approximate surface area is 126 Å². The summed E-state index contributed by atoms with van der Waals surface area (Å²) in [5.41, 5.74) is 0.902. The Balaban J connectivity index is 1.95. The van der Waals surface area contributed by atoms with Gasteiger partial charge < -0.3 is 10.6 Å². The number of carbonyl (C=O) groups is 1. The SMILES string of the molecule is CC(C)(CNC(=O)C1CCCNC1)c1ccccc1Cl. The van der Waals surface area contributed by atoms with E-state index < -0.39 is 0 Å². The molecule has 0 spiro atoms. The molecular formula is C16H23ClN2O. The zero-order valence-corrected chi connectivity index (χ0v) is 13.0. The van der Waals surface area contributed by atoms with E-state index >= 15 is 0 Å². The van der Waals surface area contributed by atoms with Crippen LogP contribution in [0.5, 0.6) is 0 Å². The molecule has 0 radical (unpaired) electrons. The summed E-state index contributed by atoms with van der Waals surface area (Å²) in [6.07, 6.45) is 2.05. The Morgan fingerprint density at radius 1 is 1.45 bits per heavy atom. The number of hydrogen-bond donors (Lipinski definition) is 2. The molecule has 1 heterocycles. The van der Waals surface area contributed by atoms with Crippen molar-refractivity contribution in [3.63, 3.8) is 0 Å². The van der Waals surface area contributed by atoms with E-state index in [0.29, 0.717) is 6.54 Å². The average molecular weight is 295 g/mol. The van der Waals surface area contributed by atoms with Gasteiger partial charge in [-0.1, -0.05) is 43.6 Å². The number of benzene rings is 1. The highest BCUT2D eigenvalue weighted by molar-refractivity contribution is 6.31. The predicted molar refractivity (Wildman–Crippen MR) is 83.1 cm³/mol. The molecule has 1 saturated heterocycles. The van der Waals surface area contributed by atoms with Gasteiger partial charge in [0.05, 0.1) is 5.92 Å². The summed E-state index contributed by atoms with van der Waals surface area (Å²) in [6, 6.07) is 7.83. The average Bonchev–Trinajstić information content (AvgIpc) is 2.46. The van der Waals surface area contributed by atoms with Gasteiger partial charge in [0.15, 0.2) is 0 Å². The molecule has 2 N–H and O–H groups in total. The first-order valence-electron chi connectivity index (χ1n) is 7.24. The number of amides is 1. The van der Waals surface area contributed by atoms with Gasteiger partial charge in [-0.2, -0.15) is 0 Å². The molecular weight excluding hydrogens is 272 g/mol. The molecule has 0 aromatic heterocycles. The van der Waals surface area contributed by atoms with Gasteiger partial charge >= 0.3 is 0 Å². The van der Waals surface area contributed by atoms with Crippen molar-refractivity contribution in [3.8, 4) is 0 Å². The van der Waals surface area contributed by atoms with Crippen molar-refractivity contribution in [2.24, 2.45) is 5.92 Å². The normalized spacial score (nSPS) is 19.6. The topological polar surface area (TPSA) is 41.1 Å². The first-order chi connectivity index (χ1) is 9.50. The molecule has 1 amide bonds. The monoisotopic (exact) mass is 294 g/mol. The number of hydrogen-bond acceptors (Lipinski definition) is 2. The summed E-state index contributed by atoms with van der Waals surface area (Å²) in [5, 5.41) is 7.11. The summed E-state index contributed by atoms with van der Waals surface area (Å²) in [4.78, 5) is 12.2. The maximum Gasteiger partial charge on any atom is 0.224 e. The van der Waals surface area contributed by atoms with Crippen LogP contribution in [0, 0.1) is 5.92 Å². The minimum atomic E-state index is -0.171. The summed E-state index contributed by atoms with van der Waals surface area (Å²) in [6.45, 7) is 6.63. The van der Waals surface area contributed by atoms with E-state index in [1.165, 1.54) is 0 Å². The second-order valence-corrected chi connectivity index (χ2v) is 6.53. The first-order valence-corrected chi connectivity index (χ1v) is 7.62. The van der Waals surface area contributed by atoms with E-state index in [9.17, 15) is 4.79 Å². The van der Waals surface area contributed by atoms with Gasteiger partial charge in [0, 0.05) is 23.5 Å². The van der Waals surface area contributed by atoms with E-state index in [1.807, 2.05) is 24.3 Å². The van der Waals surface area contributed by atoms with Crippen molar-refractivity contribution < 1.29 is 4.79 Å². The molecule has 1 aromatic rings. The number of nitrogens with one attached hydrogen (secondary N) is 2. The van der Waals surface area contributed by atoms with Crippen molar-refractivity contribution in [1.82, 2.24) is 10.6 Å². The highest BCUT2D eigenvalue weighted by Crippen LogP contribution is 2.29. The minimum Gasteiger partial charge on any atom is -0.355 e. The van der Waals surface area contributed by atoms with Crippen molar-refractivity contribution in [3.05, 3.63) is 34.9 Å². The third-order valence-electron chi connectivity index (χ3n) is 3.98. The fourth-order valence-corrected chi connectivity index (χ4v) is 3.02. The van der Waals surface area contributed by atoms with Gasteiger partial charge in [0.1, 0.15) is 0 Å². The van der Waals surface area contributed by atoms with Crippen LogP contribution in [-0.2, 0) is 10.2 Å². The Hall–Kier alpha value is -1.06. The molecule has 1 fully saturated rings. The number of halogens is 1. The zero-order chi connectivity index (χ0) is 14.6. The molecule has 3 nitrogen and oxygen atoms in total. The molecule has 0 bridgehead atoms. The Kier molecular flexibility index (Phi) is 5.06. The van der Waals surface area contributed by atoms with Gasteiger partial charge in [-0.15, -0.1) is 0 Å². The van der Waals surface area contributed by atoms with E-state index in [4.69, 9.17) is 11.6 Å². The van der Waals surface area contributed by atoms with Crippen LogP contribution in [0.25, 0.3) is 0 Å². The lowest BCUT2D eigenvalue weighted by atomic mass is 9.84. The fraction of sp³-hybridized carbons (Fsp3) is 0.562. The molecule has 1 unspecified atom stereocenters. The van der Waals surface area contributed by atoms with E-state index in [0.717, 1.165) is 36.5 Å². The maximum atomic E-state index is 12.2. The maximum absolute atomic E-state index is 12.2. The van der Waals surface area contributed by atoms with Crippen molar-refractivity contribution in [2.45, 2.75) is 32.1 Å². The van der Waals surface area contributed by atoms with Crippen molar-refractivity contribution in [1.29, 1.82) is 0 Å². The number of rotatable bonds is 4. The molecule has 110 valence electrons. The van der Waals surface area contributed by atoms with Gasteiger partial charge in [-0.25, -0.2) is 0 Å². The number of piperidine rings is 1. The van der Waals surface area contributed by atoms with Crippen LogP contribution in [0.1, 0.15) is 32.3 Å². The summed E-state index contributed by atoms with van der Waals surface area (Å²) in [5.74, 6) is 0.253. The van der Waals surface area contributed by atoms with Crippen molar-refractivity contribution >= 4 is 17.5 Å². The highest BCUT2D eigenvalue weighted by Gasteiger charge is 2.26. The fourth-order valence-electron chi connectivity index (χ4n) is 2.63. The van der Waals surface area contributed by atoms with E-state index in [-0.39, 0.29) is 17.2 Å². The molecule has 0 saturated carbocycles. The quantitative estimate of drug-likeness (QED) is 0.896. The van der Waals surface area contributed by atoms with Crippen LogP contribution >= 0.6 is 11.6 Å². The van der Waals surface area contributed by atoms with E-state index in [2.05, 4.69) is 24.5 Å². The van der Waals surface area contributed by atoms with Crippen molar-refractivity contribution in [2.75, 3.05) is 19.6 Å². The van der Waals surface area contributed by atoms with E-state index in [1.54, 1.807) is 0 Å². The summed E-state index contributed by atoms with van der Waals surface area (Å²) < 4.78 is 0. The molecule has 4 heteroatoms. The molecule has 20 heavy (non-hydrogen) atoms.